The Labute approximate surface area is 132 Å². The van der Waals surface area contributed by atoms with E-state index in [1.165, 1.54) is 38.5 Å². The van der Waals surface area contributed by atoms with Crippen LogP contribution in [0.3, 0.4) is 0 Å². The summed E-state index contributed by atoms with van der Waals surface area (Å²) >= 11 is 1.73. The van der Waals surface area contributed by atoms with Gasteiger partial charge in [0.05, 0.1) is 0 Å². The molecule has 2 unspecified atom stereocenters. The number of hydrogen-bond acceptors (Lipinski definition) is 0. The van der Waals surface area contributed by atoms with E-state index in [-0.39, 0.29) is 12.4 Å². The number of rotatable bonds is 2. The second kappa shape index (κ2) is 6.06. The molecule has 3 rings (SSSR count). The summed E-state index contributed by atoms with van der Waals surface area (Å²) in [6.45, 7) is 0. The zero-order chi connectivity index (χ0) is 11.7. The molecule has 0 amide bonds. The Balaban J connectivity index is 0.00000120. The fourth-order valence-electron chi connectivity index (χ4n) is 3.56. The van der Waals surface area contributed by atoms with Crippen LogP contribution in [-0.2, 0) is 24.7 Å². The molecule has 0 nitrogen and oxygen atoms in total. The molecular weight excluding hydrogens is 319 g/mol. The van der Waals surface area contributed by atoms with E-state index in [4.69, 9.17) is 0 Å². The van der Waals surface area contributed by atoms with E-state index in [0.29, 0.717) is 3.12 Å². The standard InChI is InChI=1S/C16H19.ClH.Zr/c1-2-8-13(7-1)15-11-5-6-12-16(15)14-9-3-4-10-14;;/h1-4,7,9,15H,5-6,8,10-12H2;1H;/q;;+1/p-1. The van der Waals surface area contributed by atoms with Gasteiger partial charge in [-0.2, -0.15) is 0 Å². The van der Waals surface area contributed by atoms with E-state index < -0.39 is 0 Å². The van der Waals surface area contributed by atoms with Crippen LogP contribution in [-0.4, -0.2) is 0 Å². The third kappa shape index (κ3) is 2.54. The van der Waals surface area contributed by atoms with Gasteiger partial charge in [-0.15, -0.1) is 0 Å². The van der Waals surface area contributed by atoms with Crippen molar-refractivity contribution in [2.75, 3.05) is 0 Å². The van der Waals surface area contributed by atoms with Crippen molar-refractivity contribution in [2.24, 2.45) is 5.92 Å². The van der Waals surface area contributed by atoms with Crippen LogP contribution in [0, 0.1) is 5.92 Å². The van der Waals surface area contributed by atoms with Crippen molar-refractivity contribution in [3.05, 3.63) is 47.6 Å². The average molecular weight is 338 g/mol. The molecule has 0 bridgehead atoms. The second-order valence-corrected chi connectivity index (χ2v) is 7.66. The predicted molar refractivity (Wildman–Crippen MR) is 68.3 cm³/mol. The molecule has 3 aliphatic carbocycles. The Hall–Kier alpha value is 0.133. The van der Waals surface area contributed by atoms with Crippen LogP contribution in [0.1, 0.15) is 38.5 Å². The third-order valence-corrected chi connectivity index (χ3v) is 6.76. The van der Waals surface area contributed by atoms with Crippen LogP contribution in [0.15, 0.2) is 47.6 Å². The molecule has 2 atom stereocenters. The van der Waals surface area contributed by atoms with Crippen molar-refractivity contribution < 1.29 is 37.1 Å². The summed E-state index contributed by atoms with van der Waals surface area (Å²) in [5, 5.41) is 0. The predicted octanol–water partition coefficient (Wildman–Crippen LogP) is 1.66. The third-order valence-electron chi connectivity index (χ3n) is 4.50. The second-order valence-electron chi connectivity index (χ2n) is 5.47. The summed E-state index contributed by atoms with van der Waals surface area (Å²) in [7, 11) is 0. The minimum atomic E-state index is 0. The van der Waals surface area contributed by atoms with Gasteiger partial charge in [-0.3, -0.25) is 0 Å². The number of halogens is 1. The molecule has 0 aromatic rings. The molecule has 0 aliphatic heterocycles. The molecule has 0 aromatic carbocycles. The molecule has 0 spiro atoms. The first-order valence-electron chi connectivity index (χ1n) is 6.77. The van der Waals surface area contributed by atoms with Crippen molar-refractivity contribution in [1.82, 2.24) is 0 Å². The van der Waals surface area contributed by atoms with Crippen LogP contribution in [0.25, 0.3) is 0 Å². The van der Waals surface area contributed by atoms with Crippen LogP contribution in [0.4, 0.5) is 0 Å². The molecule has 1 fully saturated rings. The molecule has 0 aromatic heterocycles. The molecule has 18 heavy (non-hydrogen) atoms. The van der Waals surface area contributed by atoms with Crippen molar-refractivity contribution in [1.29, 1.82) is 0 Å². The van der Waals surface area contributed by atoms with Gasteiger partial charge in [0.25, 0.3) is 0 Å². The van der Waals surface area contributed by atoms with E-state index in [2.05, 4.69) is 36.5 Å². The Morgan fingerprint density at radius 3 is 2.50 bits per heavy atom. The van der Waals surface area contributed by atoms with Gasteiger partial charge in [0.2, 0.25) is 0 Å². The molecular formula is C16H19ClZr. The molecule has 0 saturated heterocycles. The van der Waals surface area contributed by atoms with Gasteiger partial charge < -0.3 is 12.4 Å². The zero-order valence-electron chi connectivity index (χ0n) is 10.7. The fourth-order valence-corrected chi connectivity index (χ4v) is 5.26. The summed E-state index contributed by atoms with van der Waals surface area (Å²) in [5.41, 5.74) is 3.42. The van der Waals surface area contributed by atoms with E-state index >= 15 is 0 Å². The molecule has 94 valence electrons. The average Bonchev–Trinajstić information content (AvgIpc) is 3.03. The topological polar surface area (TPSA) is 0 Å². The summed E-state index contributed by atoms with van der Waals surface area (Å²) in [4.78, 5) is 0. The van der Waals surface area contributed by atoms with E-state index in [1.54, 1.807) is 35.9 Å². The fraction of sp³-hybridized carbons (Fsp3) is 0.500. The van der Waals surface area contributed by atoms with Gasteiger partial charge in [-0.1, -0.05) is 0 Å². The van der Waals surface area contributed by atoms with Crippen LogP contribution < -0.4 is 12.4 Å². The number of allylic oxidation sites excluding steroid dienone is 8. The van der Waals surface area contributed by atoms with Crippen molar-refractivity contribution in [2.45, 2.75) is 41.6 Å². The first-order valence-corrected chi connectivity index (χ1v) is 8.00. The van der Waals surface area contributed by atoms with Crippen LogP contribution >= 0.6 is 0 Å². The molecule has 0 N–H and O–H groups in total. The van der Waals surface area contributed by atoms with Gasteiger partial charge in [0, 0.05) is 0 Å². The maximum absolute atomic E-state index is 2.40. The van der Waals surface area contributed by atoms with E-state index in [0.717, 1.165) is 5.92 Å². The Morgan fingerprint density at radius 2 is 1.83 bits per heavy atom. The van der Waals surface area contributed by atoms with Gasteiger partial charge >= 0.3 is 120 Å². The normalized spacial score (nSPS) is 34.1. The summed E-state index contributed by atoms with van der Waals surface area (Å²) < 4.78 is 0.520. The first-order chi connectivity index (χ1) is 8.31. The van der Waals surface area contributed by atoms with Gasteiger partial charge in [0.15, 0.2) is 0 Å². The van der Waals surface area contributed by atoms with Crippen LogP contribution in [0.2, 0.25) is 3.12 Å². The van der Waals surface area contributed by atoms with E-state index in [9.17, 15) is 0 Å². The first kappa shape index (κ1) is 14.5. The Bertz CT molecular complexity index is 430. The summed E-state index contributed by atoms with van der Waals surface area (Å²) in [5.74, 6) is 0.829. The summed E-state index contributed by atoms with van der Waals surface area (Å²) in [6, 6.07) is 0. The molecule has 2 heteroatoms. The molecule has 0 radical (unpaired) electrons. The molecule has 0 heterocycles. The maximum atomic E-state index is 2.40. The van der Waals surface area contributed by atoms with Crippen molar-refractivity contribution >= 4 is 0 Å². The van der Waals surface area contributed by atoms with Crippen molar-refractivity contribution in [3.8, 4) is 0 Å². The number of hydrogen-bond donors (Lipinski definition) is 0. The SMILES string of the molecule is [Cl-].[Zr+][C]1(C2=CC=CC2)CCCCC1C1=CC=CC1. The van der Waals surface area contributed by atoms with Gasteiger partial charge in [0.1, 0.15) is 0 Å². The monoisotopic (exact) mass is 336 g/mol. The Morgan fingerprint density at radius 1 is 1.06 bits per heavy atom. The minimum absolute atomic E-state index is 0. The van der Waals surface area contributed by atoms with Gasteiger partial charge in [-0.25, -0.2) is 0 Å². The van der Waals surface area contributed by atoms with Crippen molar-refractivity contribution in [3.63, 3.8) is 0 Å². The molecule has 3 aliphatic rings. The summed E-state index contributed by atoms with van der Waals surface area (Å²) in [6.07, 6.45) is 22.1. The molecule has 1 saturated carbocycles. The quantitative estimate of drug-likeness (QED) is 0.719. The zero-order valence-corrected chi connectivity index (χ0v) is 13.9. The Kier molecular flexibility index (Phi) is 4.89. The van der Waals surface area contributed by atoms with E-state index in [1.807, 2.05) is 0 Å². The van der Waals surface area contributed by atoms with Gasteiger partial charge in [-0.05, 0) is 0 Å². The van der Waals surface area contributed by atoms with Crippen LogP contribution in [0.5, 0.6) is 0 Å².